The first-order valence-electron chi connectivity index (χ1n) is 5.73. The fourth-order valence-electron chi connectivity index (χ4n) is 2.53. The molecule has 1 aromatic rings. The van der Waals surface area contributed by atoms with Gasteiger partial charge in [0.25, 0.3) is 0 Å². The quantitative estimate of drug-likeness (QED) is 0.680. The number of hydrogen-bond acceptors (Lipinski definition) is 2. The molecule has 3 rings (SSSR count). The first kappa shape index (κ1) is 9.34. The molecule has 1 saturated carbocycles. The fraction of sp³-hybridized carbons (Fsp3) is 0.462. The monoisotopic (exact) mass is 217 g/mol. The Kier molecular flexibility index (Phi) is 2.45. The Hall–Kier alpha value is -0.890. The molecule has 0 unspecified atom stereocenters. The van der Waals surface area contributed by atoms with E-state index >= 15 is 0 Å². The molecule has 2 aliphatic rings. The van der Waals surface area contributed by atoms with Gasteiger partial charge in [-0.25, -0.2) is 0 Å². The zero-order valence-corrected chi connectivity index (χ0v) is 9.54. The van der Waals surface area contributed by atoms with Gasteiger partial charge in [-0.15, -0.1) is 11.3 Å². The van der Waals surface area contributed by atoms with E-state index in [0.717, 1.165) is 5.92 Å². The minimum absolute atomic E-state index is 0.570. The molecule has 1 aromatic heterocycles. The maximum absolute atomic E-state index is 4.89. The predicted octanol–water partition coefficient (Wildman–Crippen LogP) is 3.67. The van der Waals surface area contributed by atoms with Crippen molar-refractivity contribution in [3.8, 4) is 0 Å². The third-order valence-electron chi connectivity index (χ3n) is 3.36. The lowest BCUT2D eigenvalue weighted by Gasteiger charge is -2.29. The van der Waals surface area contributed by atoms with Gasteiger partial charge in [-0.2, -0.15) is 0 Å². The second kappa shape index (κ2) is 3.93. The Bertz CT molecular complexity index is 389. The van der Waals surface area contributed by atoms with Crippen molar-refractivity contribution < 1.29 is 0 Å². The molecule has 1 nitrogen and oxygen atoms in total. The molecule has 2 heterocycles. The number of nitrogens with zero attached hydrogens (tertiary/aromatic N) is 1. The van der Waals surface area contributed by atoms with Crippen molar-refractivity contribution in [2.45, 2.75) is 31.7 Å². The molecular formula is C13H15NS. The van der Waals surface area contributed by atoms with E-state index in [9.17, 15) is 0 Å². The molecule has 0 spiro atoms. The summed E-state index contributed by atoms with van der Waals surface area (Å²) in [4.78, 5) is 6.20. The van der Waals surface area contributed by atoms with E-state index in [4.69, 9.17) is 4.99 Å². The standard InChI is InChI=1S/C13H15NS/c1-2-5-11-10(4-1)7-8-12(14-11)13-6-3-9-15-13/h3,6-11H,1-2,4-5H2/t10-,11-/m1/s1. The summed E-state index contributed by atoms with van der Waals surface area (Å²) in [7, 11) is 0. The van der Waals surface area contributed by atoms with Crippen LogP contribution in [0.4, 0.5) is 0 Å². The Morgan fingerprint density at radius 3 is 3.07 bits per heavy atom. The van der Waals surface area contributed by atoms with Gasteiger partial charge in [-0.05, 0) is 36.3 Å². The van der Waals surface area contributed by atoms with Crippen molar-refractivity contribution in [3.05, 3.63) is 34.5 Å². The van der Waals surface area contributed by atoms with Gasteiger partial charge >= 0.3 is 0 Å². The van der Waals surface area contributed by atoms with Gasteiger partial charge in [0, 0.05) is 0 Å². The van der Waals surface area contributed by atoms with E-state index in [1.165, 1.54) is 36.3 Å². The lowest BCUT2D eigenvalue weighted by Crippen LogP contribution is -2.25. The van der Waals surface area contributed by atoms with E-state index in [2.05, 4.69) is 29.7 Å². The van der Waals surface area contributed by atoms with Crippen molar-refractivity contribution >= 4 is 17.0 Å². The van der Waals surface area contributed by atoms with Crippen molar-refractivity contribution in [1.29, 1.82) is 0 Å². The predicted molar refractivity (Wildman–Crippen MR) is 65.7 cm³/mol. The average Bonchev–Trinajstić information content (AvgIpc) is 2.82. The van der Waals surface area contributed by atoms with Crippen LogP contribution in [0.5, 0.6) is 0 Å². The zero-order chi connectivity index (χ0) is 10.1. The Morgan fingerprint density at radius 1 is 1.27 bits per heavy atom. The molecule has 15 heavy (non-hydrogen) atoms. The summed E-state index contributed by atoms with van der Waals surface area (Å²) < 4.78 is 0. The summed E-state index contributed by atoms with van der Waals surface area (Å²) in [5.74, 6) is 0.725. The van der Waals surface area contributed by atoms with Crippen LogP contribution in [-0.4, -0.2) is 11.8 Å². The average molecular weight is 217 g/mol. The highest BCUT2D eigenvalue weighted by atomic mass is 32.1. The summed E-state index contributed by atoms with van der Waals surface area (Å²) in [6.45, 7) is 0. The minimum atomic E-state index is 0.570. The SMILES string of the molecule is C1=C[C@H]2CCCC[C@H]2N=C1c1cccs1. The maximum Gasteiger partial charge on any atom is 0.0746 e. The van der Waals surface area contributed by atoms with E-state index in [1.54, 1.807) is 11.3 Å². The fourth-order valence-corrected chi connectivity index (χ4v) is 3.23. The van der Waals surface area contributed by atoms with E-state index in [1.807, 2.05) is 0 Å². The summed E-state index contributed by atoms with van der Waals surface area (Å²) in [5.41, 5.74) is 1.20. The van der Waals surface area contributed by atoms with Crippen molar-refractivity contribution in [3.63, 3.8) is 0 Å². The third-order valence-corrected chi connectivity index (χ3v) is 4.25. The van der Waals surface area contributed by atoms with Crippen LogP contribution in [0.1, 0.15) is 30.6 Å². The number of thiophene rings is 1. The van der Waals surface area contributed by atoms with Gasteiger partial charge in [-0.1, -0.05) is 25.0 Å². The highest BCUT2D eigenvalue weighted by molar-refractivity contribution is 7.12. The summed E-state index contributed by atoms with van der Waals surface area (Å²) in [6.07, 6.45) is 9.96. The number of aliphatic imine (C=N–C) groups is 1. The number of dihydropyridines is 1. The minimum Gasteiger partial charge on any atom is -0.280 e. The zero-order valence-electron chi connectivity index (χ0n) is 8.73. The Labute approximate surface area is 94.6 Å². The van der Waals surface area contributed by atoms with Gasteiger partial charge in [0.1, 0.15) is 0 Å². The van der Waals surface area contributed by atoms with E-state index < -0.39 is 0 Å². The first-order valence-corrected chi connectivity index (χ1v) is 6.61. The molecular weight excluding hydrogens is 202 g/mol. The molecule has 0 bridgehead atoms. The summed E-state index contributed by atoms with van der Waals surface area (Å²) in [6, 6.07) is 4.83. The van der Waals surface area contributed by atoms with Crippen molar-refractivity contribution in [1.82, 2.24) is 0 Å². The van der Waals surface area contributed by atoms with E-state index in [-0.39, 0.29) is 0 Å². The second-order valence-corrected chi connectivity index (χ2v) is 5.31. The van der Waals surface area contributed by atoms with Crippen LogP contribution < -0.4 is 0 Å². The van der Waals surface area contributed by atoms with Crippen LogP contribution in [0.25, 0.3) is 0 Å². The van der Waals surface area contributed by atoms with Gasteiger partial charge < -0.3 is 0 Å². The molecule has 2 heteroatoms. The highest BCUT2D eigenvalue weighted by Gasteiger charge is 2.25. The number of rotatable bonds is 1. The molecule has 0 N–H and O–H groups in total. The molecule has 78 valence electrons. The maximum atomic E-state index is 4.89. The molecule has 0 saturated heterocycles. The Balaban J connectivity index is 1.87. The molecule has 1 fully saturated rings. The second-order valence-electron chi connectivity index (χ2n) is 4.37. The first-order chi connectivity index (χ1) is 7.43. The van der Waals surface area contributed by atoms with Gasteiger partial charge in [0.15, 0.2) is 0 Å². The van der Waals surface area contributed by atoms with Gasteiger partial charge in [-0.3, -0.25) is 4.99 Å². The molecule has 1 aliphatic carbocycles. The molecule has 1 aliphatic heterocycles. The highest BCUT2D eigenvalue weighted by Crippen LogP contribution is 2.31. The van der Waals surface area contributed by atoms with Crippen LogP contribution >= 0.6 is 11.3 Å². The molecule has 0 aromatic carbocycles. The Morgan fingerprint density at radius 2 is 2.20 bits per heavy atom. The summed E-state index contributed by atoms with van der Waals surface area (Å²) >= 11 is 1.79. The van der Waals surface area contributed by atoms with Crippen LogP contribution in [0.3, 0.4) is 0 Å². The lowest BCUT2D eigenvalue weighted by molar-refractivity contribution is 0.361. The molecule has 2 atom stereocenters. The van der Waals surface area contributed by atoms with Gasteiger partial charge in [0.05, 0.1) is 16.6 Å². The van der Waals surface area contributed by atoms with Gasteiger partial charge in [0.2, 0.25) is 0 Å². The number of hydrogen-bond donors (Lipinski definition) is 0. The topological polar surface area (TPSA) is 12.4 Å². The molecule has 0 amide bonds. The van der Waals surface area contributed by atoms with E-state index in [0.29, 0.717) is 6.04 Å². The van der Waals surface area contributed by atoms with Crippen molar-refractivity contribution in [2.75, 3.05) is 0 Å². The lowest BCUT2D eigenvalue weighted by atomic mass is 9.83. The van der Waals surface area contributed by atoms with Crippen LogP contribution in [0, 0.1) is 5.92 Å². The van der Waals surface area contributed by atoms with Crippen LogP contribution in [0.15, 0.2) is 34.7 Å². The number of allylic oxidation sites excluding steroid dienone is 1. The third kappa shape index (κ3) is 1.78. The normalized spacial score (nSPS) is 29.7. The van der Waals surface area contributed by atoms with Crippen molar-refractivity contribution in [2.24, 2.45) is 10.9 Å². The molecule has 0 radical (unpaired) electrons. The number of fused-ring (bicyclic) bond motifs is 1. The summed E-state index contributed by atoms with van der Waals surface area (Å²) in [5, 5.41) is 2.12. The smallest absolute Gasteiger partial charge is 0.0746 e. The van der Waals surface area contributed by atoms with Crippen LogP contribution in [-0.2, 0) is 0 Å². The largest absolute Gasteiger partial charge is 0.280 e. The van der Waals surface area contributed by atoms with Crippen LogP contribution in [0.2, 0.25) is 0 Å².